The first-order valence-electron chi connectivity index (χ1n) is 5.62. The van der Waals surface area contributed by atoms with Gasteiger partial charge in [-0.1, -0.05) is 18.2 Å². The summed E-state index contributed by atoms with van der Waals surface area (Å²) in [5.41, 5.74) is 14.1. The van der Waals surface area contributed by atoms with E-state index in [1.54, 1.807) is 0 Å². The summed E-state index contributed by atoms with van der Waals surface area (Å²) < 4.78 is 0. The maximum Gasteiger partial charge on any atom is 0.0440 e. The Kier molecular flexibility index (Phi) is 3.23. The molecule has 1 aromatic carbocycles. The molecular weight excluding hydrogens is 186 g/mol. The normalized spacial score (nSPS) is 18.1. The Balaban J connectivity index is 2.28. The van der Waals surface area contributed by atoms with Crippen LogP contribution in [-0.4, -0.2) is 19.6 Å². The third-order valence-corrected chi connectivity index (χ3v) is 3.04. The molecule has 1 aliphatic heterocycles. The van der Waals surface area contributed by atoms with Crippen LogP contribution in [0.25, 0.3) is 0 Å². The average molecular weight is 205 g/mol. The van der Waals surface area contributed by atoms with Gasteiger partial charge in [0.1, 0.15) is 0 Å². The number of para-hydroxylation sites is 1. The van der Waals surface area contributed by atoms with Gasteiger partial charge in [-0.2, -0.15) is 0 Å². The molecular formula is C12H19N3. The van der Waals surface area contributed by atoms with Crippen molar-refractivity contribution >= 4 is 5.69 Å². The van der Waals surface area contributed by atoms with E-state index in [1.165, 1.54) is 24.1 Å². The van der Waals surface area contributed by atoms with Crippen LogP contribution in [0.2, 0.25) is 0 Å². The molecule has 1 heterocycles. The SMILES string of the molecule is NC[C@@H](N)c1ccccc1N1CCCC1. The lowest BCUT2D eigenvalue weighted by Crippen LogP contribution is -2.25. The monoisotopic (exact) mass is 205 g/mol. The first-order chi connectivity index (χ1) is 7.33. The minimum Gasteiger partial charge on any atom is -0.371 e. The molecule has 0 aromatic heterocycles. The molecule has 3 heteroatoms. The van der Waals surface area contributed by atoms with Crippen molar-refractivity contribution in [1.82, 2.24) is 0 Å². The Morgan fingerprint density at radius 3 is 2.53 bits per heavy atom. The highest BCUT2D eigenvalue weighted by molar-refractivity contribution is 5.55. The van der Waals surface area contributed by atoms with Crippen LogP contribution in [0.15, 0.2) is 24.3 Å². The Morgan fingerprint density at radius 2 is 1.87 bits per heavy atom. The van der Waals surface area contributed by atoms with Crippen molar-refractivity contribution in [2.45, 2.75) is 18.9 Å². The molecule has 2 rings (SSSR count). The van der Waals surface area contributed by atoms with E-state index in [4.69, 9.17) is 11.5 Å². The number of benzene rings is 1. The van der Waals surface area contributed by atoms with Crippen molar-refractivity contribution in [2.75, 3.05) is 24.5 Å². The predicted molar refractivity (Wildman–Crippen MR) is 63.9 cm³/mol. The van der Waals surface area contributed by atoms with Gasteiger partial charge in [-0.3, -0.25) is 0 Å². The number of nitrogens with two attached hydrogens (primary N) is 2. The lowest BCUT2D eigenvalue weighted by molar-refractivity contribution is 0.732. The number of hydrogen-bond acceptors (Lipinski definition) is 3. The van der Waals surface area contributed by atoms with Crippen molar-refractivity contribution in [3.8, 4) is 0 Å². The fourth-order valence-corrected chi connectivity index (χ4v) is 2.17. The molecule has 1 fully saturated rings. The topological polar surface area (TPSA) is 55.3 Å². The third kappa shape index (κ3) is 2.13. The van der Waals surface area contributed by atoms with Gasteiger partial charge in [0.2, 0.25) is 0 Å². The van der Waals surface area contributed by atoms with Crippen molar-refractivity contribution in [1.29, 1.82) is 0 Å². The molecule has 0 bridgehead atoms. The maximum atomic E-state index is 6.01. The summed E-state index contributed by atoms with van der Waals surface area (Å²) in [6, 6.07) is 8.30. The summed E-state index contributed by atoms with van der Waals surface area (Å²) in [6.45, 7) is 2.80. The fraction of sp³-hybridized carbons (Fsp3) is 0.500. The highest BCUT2D eigenvalue weighted by Gasteiger charge is 2.17. The lowest BCUT2D eigenvalue weighted by atomic mass is 10.0. The van der Waals surface area contributed by atoms with Crippen LogP contribution in [0.4, 0.5) is 5.69 Å². The van der Waals surface area contributed by atoms with Gasteiger partial charge in [0.25, 0.3) is 0 Å². The van der Waals surface area contributed by atoms with E-state index < -0.39 is 0 Å². The minimum absolute atomic E-state index is 0.0400. The van der Waals surface area contributed by atoms with E-state index in [0.717, 1.165) is 13.1 Å². The van der Waals surface area contributed by atoms with Gasteiger partial charge < -0.3 is 16.4 Å². The van der Waals surface area contributed by atoms with Crippen LogP contribution in [0.3, 0.4) is 0 Å². The molecule has 15 heavy (non-hydrogen) atoms. The highest BCUT2D eigenvalue weighted by Crippen LogP contribution is 2.27. The van der Waals surface area contributed by atoms with Crippen molar-refractivity contribution in [3.63, 3.8) is 0 Å². The molecule has 3 nitrogen and oxygen atoms in total. The average Bonchev–Trinajstić information content (AvgIpc) is 2.81. The van der Waals surface area contributed by atoms with Crippen molar-refractivity contribution < 1.29 is 0 Å². The smallest absolute Gasteiger partial charge is 0.0440 e. The molecule has 0 aliphatic carbocycles. The van der Waals surface area contributed by atoms with Gasteiger partial charge in [0, 0.05) is 31.4 Å². The van der Waals surface area contributed by atoms with Gasteiger partial charge in [0.15, 0.2) is 0 Å². The molecule has 1 atom stereocenters. The van der Waals surface area contributed by atoms with Crippen LogP contribution >= 0.6 is 0 Å². The summed E-state index contributed by atoms with van der Waals surface area (Å²) >= 11 is 0. The van der Waals surface area contributed by atoms with Crippen LogP contribution in [0, 0.1) is 0 Å². The highest BCUT2D eigenvalue weighted by atomic mass is 15.1. The zero-order valence-corrected chi connectivity index (χ0v) is 9.02. The zero-order chi connectivity index (χ0) is 10.7. The second-order valence-electron chi connectivity index (χ2n) is 4.10. The predicted octanol–water partition coefficient (Wildman–Crippen LogP) is 1.25. The number of nitrogens with zero attached hydrogens (tertiary/aromatic N) is 1. The summed E-state index contributed by atoms with van der Waals surface area (Å²) in [5.74, 6) is 0. The minimum atomic E-state index is -0.0400. The van der Waals surface area contributed by atoms with E-state index in [9.17, 15) is 0 Å². The summed E-state index contributed by atoms with van der Waals surface area (Å²) in [4.78, 5) is 2.41. The summed E-state index contributed by atoms with van der Waals surface area (Å²) in [7, 11) is 0. The Labute approximate surface area is 91.1 Å². The Bertz CT molecular complexity index is 318. The van der Waals surface area contributed by atoms with E-state index >= 15 is 0 Å². The standard InChI is InChI=1S/C12H19N3/c13-9-11(14)10-5-1-2-6-12(10)15-7-3-4-8-15/h1-2,5-6,11H,3-4,7-9,13-14H2/t11-/m1/s1. The molecule has 4 N–H and O–H groups in total. The first-order valence-corrected chi connectivity index (χ1v) is 5.62. The van der Waals surface area contributed by atoms with Gasteiger partial charge in [0.05, 0.1) is 0 Å². The summed E-state index contributed by atoms with van der Waals surface area (Å²) in [5, 5.41) is 0. The fourth-order valence-electron chi connectivity index (χ4n) is 2.17. The molecule has 0 radical (unpaired) electrons. The molecule has 1 aromatic rings. The van der Waals surface area contributed by atoms with Crippen LogP contribution in [0.1, 0.15) is 24.4 Å². The molecule has 82 valence electrons. The molecule has 0 unspecified atom stereocenters. The third-order valence-electron chi connectivity index (χ3n) is 3.04. The molecule has 0 amide bonds. The molecule has 0 saturated carbocycles. The van der Waals surface area contributed by atoms with Crippen LogP contribution < -0.4 is 16.4 Å². The second kappa shape index (κ2) is 4.64. The van der Waals surface area contributed by atoms with E-state index in [0.29, 0.717) is 6.54 Å². The zero-order valence-electron chi connectivity index (χ0n) is 9.02. The number of rotatable bonds is 3. The number of anilines is 1. The Hall–Kier alpha value is -1.06. The van der Waals surface area contributed by atoms with Gasteiger partial charge >= 0.3 is 0 Å². The quantitative estimate of drug-likeness (QED) is 0.780. The van der Waals surface area contributed by atoms with E-state index in [1.807, 2.05) is 6.07 Å². The van der Waals surface area contributed by atoms with Crippen LogP contribution in [0.5, 0.6) is 0 Å². The Morgan fingerprint density at radius 1 is 1.20 bits per heavy atom. The van der Waals surface area contributed by atoms with Gasteiger partial charge in [-0.05, 0) is 24.5 Å². The van der Waals surface area contributed by atoms with Crippen molar-refractivity contribution in [2.24, 2.45) is 11.5 Å². The second-order valence-corrected chi connectivity index (χ2v) is 4.10. The molecule has 1 aliphatic rings. The van der Waals surface area contributed by atoms with Crippen LogP contribution in [-0.2, 0) is 0 Å². The molecule has 1 saturated heterocycles. The van der Waals surface area contributed by atoms with E-state index in [-0.39, 0.29) is 6.04 Å². The first kappa shape index (κ1) is 10.5. The summed E-state index contributed by atoms with van der Waals surface area (Å²) in [6.07, 6.45) is 2.57. The van der Waals surface area contributed by atoms with Gasteiger partial charge in [-0.15, -0.1) is 0 Å². The number of hydrogen-bond donors (Lipinski definition) is 2. The molecule has 0 spiro atoms. The van der Waals surface area contributed by atoms with Gasteiger partial charge in [-0.25, -0.2) is 0 Å². The maximum absolute atomic E-state index is 6.01. The van der Waals surface area contributed by atoms with E-state index in [2.05, 4.69) is 23.1 Å². The largest absolute Gasteiger partial charge is 0.371 e. The lowest BCUT2D eigenvalue weighted by Gasteiger charge is -2.23. The van der Waals surface area contributed by atoms with Crippen molar-refractivity contribution in [3.05, 3.63) is 29.8 Å².